The van der Waals surface area contributed by atoms with Crippen LogP contribution in [0.4, 0.5) is 4.79 Å². The van der Waals surface area contributed by atoms with Gasteiger partial charge in [0.05, 0.1) is 13.1 Å². The number of nitrogens with one attached hydrogen (secondary N) is 3. The number of carbonyl (C=O) groups is 2. The van der Waals surface area contributed by atoms with Gasteiger partial charge in [0.1, 0.15) is 5.60 Å². The van der Waals surface area contributed by atoms with E-state index in [1.165, 1.54) is 4.90 Å². The molecule has 0 unspecified atom stereocenters. The molecule has 3 N–H and O–H groups in total. The van der Waals surface area contributed by atoms with E-state index in [0.717, 1.165) is 5.56 Å². The van der Waals surface area contributed by atoms with Gasteiger partial charge in [0, 0.05) is 27.2 Å². The second kappa shape index (κ2) is 11.8. The molecule has 1 rings (SSSR count). The number of likely N-dealkylation sites (N-methyl/N-ethyl adjacent to an activating group) is 1. The van der Waals surface area contributed by atoms with Crippen molar-refractivity contribution in [3.05, 3.63) is 35.9 Å². The fourth-order valence-corrected chi connectivity index (χ4v) is 2.05. The lowest BCUT2D eigenvalue weighted by Gasteiger charge is -2.19. The lowest BCUT2D eigenvalue weighted by molar-refractivity contribution is -0.127. The van der Waals surface area contributed by atoms with E-state index in [4.69, 9.17) is 4.74 Å². The smallest absolute Gasteiger partial charge is 0.407 e. The molecule has 8 nitrogen and oxygen atoms in total. The van der Waals surface area contributed by atoms with Gasteiger partial charge >= 0.3 is 6.09 Å². The molecule has 156 valence electrons. The molecule has 0 bridgehead atoms. The lowest BCUT2D eigenvalue weighted by atomic mass is 10.2. The third-order valence-electron chi connectivity index (χ3n) is 3.48. The highest BCUT2D eigenvalue weighted by Gasteiger charge is 2.15. The largest absolute Gasteiger partial charge is 0.444 e. The molecule has 8 heteroatoms. The number of carbonyl (C=O) groups excluding carboxylic acids is 2. The topological polar surface area (TPSA) is 95.1 Å². The molecule has 0 fully saturated rings. The summed E-state index contributed by atoms with van der Waals surface area (Å²) in [6.07, 6.45) is 0.257. The fourth-order valence-electron chi connectivity index (χ4n) is 2.05. The van der Waals surface area contributed by atoms with Crippen molar-refractivity contribution >= 4 is 18.0 Å². The van der Waals surface area contributed by atoms with E-state index in [-0.39, 0.29) is 12.5 Å². The predicted octanol–water partition coefficient (Wildman–Crippen LogP) is 1.72. The number of guanidine groups is 1. The molecule has 1 aromatic carbocycles. The Bertz CT molecular complexity index is 639. The van der Waals surface area contributed by atoms with Crippen LogP contribution in [0.1, 0.15) is 32.8 Å². The van der Waals surface area contributed by atoms with Crippen LogP contribution in [0.2, 0.25) is 0 Å². The van der Waals surface area contributed by atoms with Gasteiger partial charge in [-0.05, 0) is 32.8 Å². The van der Waals surface area contributed by atoms with E-state index in [0.29, 0.717) is 32.0 Å². The van der Waals surface area contributed by atoms with Crippen molar-refractivity contribution in [1.82, 2.24) is 20.9 Å². The van der Waals surface area contributed by atoms with Gasteiger partial charge in [-0.15, -0.1) is 0 Å². The van der Waals surface area contributed by atoms with Crippen LogP contribution in [-0.2, 0) is 16.1 Å². The maximum Gasteiger partial charge on any atom is 0.407 e. The van der Waals surface area contributed by atoms with Crippen LogP contribution in [0.15, 0.2) is 35.3 Å². The first-order valence-electron chi connectivity index (χ1n) is 9.40. The van der Waals surface area contributed by atoms with Crippen molar-refractivity contribution in [3.63, 3.8) is 0 Å². The average Bonchev–Trinajstić information content (AvgIpc) is 2.62. The van der Waals surface area contributed by atoms with Gasteiger partial charge in [-0.25, -0.2) is 9.79 Å². The molecule has 0 aliphatic heterocycles. The van der Waals surface area contributed by atoms with E-state index in [1.54, 1.807) is 14.1 Å². The van der Waals surface area contributed by atoms with Crippen LogP contribution in [0.5, 0.6) is 0 Å². The van der Waals surface area contributed by atoms with Crippen LogP contribution in [-0.4, -0.2) is 62.2 Å². The minimum Gasteiger partial charge on any atom is -0.444 e. The van der Waals surface area contributed by atoms with Crippen LogP contribution in [0.3, 0.4) is 0 Å². The minimum absolute atomic E-state index is 0.0409. The first-order valence-corrected chi connectivity index (χ1v) is 9.40. The number of hydrogen-bond acceptors (Lipinski definition) is 4. The Hall–Kier alpha value is -2.77. The Kier molecular flexibility index (Phi) is 9.84. The van der Waals surface area contributed by atoms with E-state index < -0.39 is 11.7 Å². The number of ether oxygens (including phenoxy) is 1. The second-order valence-electron chi connectivity index (χ2n) is 7.50. The van der Waals surface area contributed by atoms with Gasteiger partial charge in [-0.2, -0.15) is 0 Å². The van der Waals surface area contributed by atoms with Gasteiger partial charge in [0.2, 0.25) is 5.91 Å². The number of amides is 2. The van der Waals surface area contributed by atoms with Gasteiger partial charge in [0.15, 0.2) is 5.96 Å². The van der Waals surface area contributed by atoms with Crippen molar-refractivity contribution in [2.75, 3.05) is 33.7 Å². The SMILES string of the molecule is CN(C)C(=O)CNC(=NCc1ccccc1)NCCCNC(=O)OC(C)(C)C. The van der Waals surface area contributed by atoms with Crippen LogP contribution in [0, 0.1) is 0 Å². The number of hydrogen-bond donors (Lipinski definition) is 3. The average molecular weight is 392 g/mol. The number of aliphatic imine (C=N–C) groups is 1. The van der Waals surface area contributed by atoms with E-state index in [1.807, 2.05) is 51.1 Å². The Morgan fingerprint density at radius 3 is 2.29 bits per heavy atom. The molecule has 0 aliphatic carbocycles. The summed E-state index contributed by atoms with van der Waals surface area (Å²) in [5, 5.41) is 8.93. The molecule has 0 aliphatic rings. The molecule has 1 aromatic rings. The number of rotatable bonds is 8. The van der Waals surface area contributed by atoms with Crippen molar-refractivity contribution in [2.24, 2.45) is 4.99 Å². The first kappa shape index (κ1) is 23.3. The highest BCUT2D eigenvalue weighted by Crippen LogP contribution is 2.06. The zero-order valence-electron chi connectivity index (χ0n) is 17.5. The lowest BCUT2D eigenvalue weighted by Crippen LogP contribution is -2.43. The number of nitrogens with zero attached hydrogens (tertiary/aromatic N) is 2. The van der Waals surface area contributed by atoms with Gasteiger partial charge in [-0.3, -0.25) is 4.79 Å². The normalized spacial score (nSPS) is 11.5. The Balaban J connectivity index is 2.46. The Labute approximate surface area is 167 Å². The Morgan fingerprint density at radius 2 is 1.68 bits per heavy atom. The number of alkyl carbamates (subject to hydrolysis) is 1. The van der Waals surface area contributed by atoms with Gasteiger partial charge in [-0.1, -0.05) is 30.3 Å². The summed E-state index contributed by atoms with van der Waals surface area (Å²) in [5.74, 6) is 0.511. The molecule has 0 spiro atoms. The summed E-state index contributed by atoms with van der Waals surface area (Å²) in [5.41, 5.74) is 0.566. The minimum atomic E-state index is -0.511. The van der Waals surface area contributed by atoms with Crippen molar-refractivity contribution < 1.29 is 14.3 Å². The molecule has 0 heterocycles. The van der Waals surface area contributed by atoms with E-state index in [9.17, 15) is 9.59 Å². The number of benzene rings is 1. The molecule has 28 heavy (non-hydrogen) atoms. The second-order valence-corrected chi connectivity index (χ2v) is 7.50. The van der Waals surface area contributed by atoms with Crippen molar-refractivity contribution in [1.29, 1.82) is 0 Å². The van der Waals surface area contributed by atoms with Gasteiger partial charge < -0.3 is 25.6 Å². The molecular weight excluding hydrogens is 358 g/mol. The maximum absolute atomic E-state index is 11.8. The van der Waals surface area contributed by atoms with E-state index in [2.05, 4.69) is 20.9 Å². The molecule has 0 saturated carbocycles. The summed E-state index contributed by atoms with van der Waals surface area (Å²) in [4.78, 5) is 29.5. The maximum atomic E-state index is 11.8. The Morgan fingerprint density at radius 1 is 1.04 bits per heavy atom. The molecular formula is C20H33N5O3. The third-order valence-corrected chi connectivity index (χ3v) is 3.48. The zero-order chi connectivity index (χ0) is 21.0. The molecule has 0 aromatic heterocycles. The summed E-state index contributed by atoms with van der Waals surface area (Å²) in [7, 11) is 3.42. The molecule has 0 saturated heterocycles. The highest BCUT2D eigenvalue weighted by molar-refractivity contribution is 5.86. The van der Waals surface area contributed by atoms with Crippen LogP contribution in [0.25, 0.3) is 0 Å². The monoisotopic (exact) mass is 391 g/mol. The third kappa shape index (κ3) is 11.1. The fraction of sp³-hybridized carbons (Fsp3) is 0.550. The standard InChI is InChI=1S/C20H33N5O3/c1-20(2,3)28-19(27)22-13-9-12-21-18(24-15-17(26)25(4)5)23-14-16-10-7-6-8-11-16/h6-8,10-11H,9,12-15H2,1-5H3,(H,22,27)(H2,21,23,24). The van der Waals surface area contributed by atoms with E-state index >= 15 is 0 Å². The predicted molar refractivity (Wildman–Crippen MR) is 111 cm³/mol. The first-order chi connectivity index (χ1) is 13.2. The van der Waals surface area contributed by atoms with Crippen LogP contribution < -0.4 is 16.0 Å². The highest BCUT2D eigenvalue weighted by atomic mass is 16.6. The quantitative estimate of drug-likeness (QED) is 0.356. The molecule has 0 atom stereocenters. The zero-order valence-corrected chi connectivity index (χ0v) is 17.5. The summed E-state index contributed by atoms with van der Waals surface area (Å²) < 4.78 is 5.19. The summed E-state index contributed by atoms with van der Waals surface area (Å²) >= 11 is 0. The van der Waals surface area contributed by atoms with Gasteiger partial charge in [0.25, 0.3) is 0 Å². The van der Waals surface area contributed by atoms with Crippen LogP contribution >= 0.6 is 0 Å². The van der Waals surface area contributed by atoms with Crippen molar-refractivity contribution in [2.45, 2.75) is 39.3 Å². The molecule has 0 radical (unpaired) electrons. The van der Waals surface area contributed by atoms with Crippen molar-refractivity contribution in [3.8, 4) is 0 Å². The molecule has 2 amide bonds. The summed E-state index contributed by atoms with van der Waals surface area (Å²) in [6, 6.07) is 9.87. The summed E-state index contributed by atoms with van der Waals surface area (Å²) in [6.45, 7) is 7.20.